The summed E-state index contributed by atoms with van der Waals surface area (Å²) in [6, 6.07) is 9.64. The minimum absolute atomic E-state index is 0.237. The van der Waals surface area contributed by atoms with Crippen molar-refractivity contribution < 1.29 is 18.4 Å². The first-order chi connectivity index (χ1) is 13.9. The van der Waals surface area contributed by atoms with Gasteiger partial charge in [0.15, 0.2) is 0 Å². The molecule has 0 spiro atoms. The molecule has 29 heavy (non-hydrogen) atoms. The fraction of sp³-hybridized carbons (Fsp3) is 0.333. The van der Waals surface area contributed by atoms with E-state index in [0.717, 1.165) is 35.2 Å². The van der Waals surface area contributed by atoms with E-state index < -0.39 is 10.8 Å². The molecule has 154 valence electrons. The lowest BCUT2D eigenvalue weighted by atomic mass is 10.1. The lowest BCUT2D eigenvalue weighted by Gasteiger charge is -2.27. The van der Waals surface area contributed by atoms with Gasteiger partial charge in [-0.15, -0.1) is 0 Å². The first-order valence-electron chi connectivity index (χ1n) is 9.36. The number of fused-ring (bicyclic) bond motifs is 1. The normalized spacial score (nSPS) is 16.4. The van der Waals surface area contributed by atoms with E-state index in [1.54, 1.807) is 12.1 Å². The Bertz CT molecular complexity index is 1060. The molecular formula is C21H22BrFN2O3S. The minimum atomic E-state index is -1.29. The predicted molar refractivity (Wildman–Crippen MR) is 115 cm³/mol. The topological polar surface area (TPSA) is 54.7 Å². The number of hydrogen-bond acceptors (Lipinski definition) is 4. The van der Waals surface area contributed by atoms with Crippen LogP contribution in [-0.2, 0) is 34.9 Å². The fourth-order valence-corrected chi connectivity index (χ4v) is 5.24. The van der Waals surface area contributed by atoms with Crippen LogP contribution in [0, 0.1) is 5.82 Å². The summed E-state index contributed by atoms with van der Waals surface area (Å²) in [5.74, 6) is 0.205. The summed E-state index contributed by atoms with van der Waals surface area (Å²) in [5, 5.41) is 11.7. The van der Waals surface area contributed by atoms with Crippen molar-refractivity contribution in [1.29, 1.82) is 0 Å². The number of benzene rings is 2. The van der Waals surface area contributed by atoms with Crippen molar-refractivity contribution in [1.82, 2.24) is 9.47 Å². The summed E-state index contributed by atoms with van der Waals surface area (Å²) in [4.78, 5) is 2.85. The number of ether oxygens (including phenoxy) is 1. The number of halogens is 2. The maximum atomic E-state index is 13.2. The molecule has 0 amide bonds. The average molecular weight is 481 g/mol. The van der Waals surface area contributed by atoms with E-state index in [4.69, 9.17) is 4.74 Å². The standard InChI is InChI=1S/C21H22BrFN2O3S/c1-24-15(13-29(27)16-4-2-14(23)3-5-16)10-17-18(12-25-6-8-28-9-7-25)21(26)19(22)11-20(17)24/h2-5,10-11,26H,6-9,12-13H2,1H3. The minimum Gasteiger partial charge on any atom is -0.506 e. The van der Waals surface area contributed by atoms with E-state index in [0.29, 0.717) is 34.9 Å². The van der Waals surface area contributed by atoms with E-state index in [2.05, 4.69) is 20.8 Å². The Labute approximate surface area is 179 Å². The molecule has 0 saturated carbocycles. The van der Waals surface area contributed by atoms with Crippen molar-refractivity contribution in [2.45, 2.75) is 17.2 Å². The first-order valence-corrected chi connectivity index (χ1v) is 11.5. The second kappa shape index (κ2) is 8.55. The highest BCUT2D eigenvalue weighted by Gasteiger charge is 2.20. The van der Waals surface area contributed by atoms with Gasteiger partial charge >= 0.3 is 0 Å². The van der Waals surface area contributed by atoms with Gasteiger partial charge in [0.1, 0.15) is 11.6 Å². The van der Waals surface area contributed by atoms with E-state index in [1.165, 1.54) is 12.1 Å². The number of aromatic hydroxyl groups is 1. The third kappa shape index (κ3) is 4.26. The molecular weight excluding hydrogens is 459 g/mol. The van der Waals surface area contributed by atoms with Gasteiger partial charge in [-0.05, 0) is 52.3 Å². The molecule has 1 N–H and O–H groups in total. The molecule has 5 nitrogen and oxygen atoms in total. The van der Waals surface area contributed by atoms with Crippen LogP contribution < -0.4 is 0 Å². The van der Waals surface area contributed by atoms with Crippen LogP contribution in [0.3, 0.4) is 0 Å². The Morgan fingerprint density at radius 3 is 2.59 bits per heavy atom. The van der Waals surface area contributed by atoms with Gasteiger partial charge in [0, 0.05) is 53.7 Å². The number of rotatable bonds is 5. The molecule has 1 atom stereocenters. The number of hydrogen-bond donors (Lipinski definition) is 1. The van der Waals surface area contributed by atoms with Crippen molar-refractivity contribution in [2.75, 3.05) is 26.3 Å². The van der Waals surface area contributed by atoms with Crippen LogP contribution in [0.15, 0.2) is 45.8 Å². The molecule has 1 saturated heterocycles. The smallest absolute Gasteiger partial charge is 0.135 e. The molecule has 0 radical (unpaired) electrons. The van der Waals surface area contributed by atoms with Crippen LogP contribution in [0.5, 0.6) is 5.75 Å². The van der Waals surface area contributed by atoms with Crippen molar-refractivity contribution in [2.24, 2.45) is 7.05 Å². The number of nitrogens with zero attached hydrogens (tertiary/aromatic N) is 2. The molecule has 2 heterocycles. The molecule has 1 aromatic heterocycles. The zero-order valence-electron chi connectivity index (χ0n) is 16.0. The molecule has 0 aliphatic carbocycles. The highest BCUT2D eigenvalue weighted by molar-refractivity contribution is 9.10. The molecule has 1 aliphatic heterocycles. The van der Waals surface area contributed by atoms with Crippen LogP contribution in [-0.4, -0.2) is 45.1 Å². The second-order valence-corrected chi connectivity index (χ2v) is 9.45. The molecule has 0 bridgehead atoms. The average Bonchev–Trinajstić information content (AvgIpc) is 3.02. The summed E-state index contributed by atoms with van der Waals surface area (Å²) in [5.41, 5.74) is 2.71. The maximum absolute atomic E-state index is 13.2. The molecule has 1 fully saturated rings. The monoisotopic (exact) mass is 480 g/mol. The highest BCUT2D eigenvalue weighted by atomic mass is 79.9. The zero-order chi connectivity index (χ0) is 20.5. The SMILES string of the molecule is Cn1c(CS(=O)c2ccc(F)cc2)cc2c(CN3CCOCC3)c(O)c(Br)cc21. The Kier molecular flexibility index (Phi) is 6.06. The molecule has 1 aliphatic rings. The van der Waals surface area contributed by atoms with Crippen molar-refractivity contribution in [3.05, 3.63) is 57.9 Å². The summed E-state index contributed by atoms with van der Waals surface area (Å²) in [6.45, 7) is 3.64. The van der Waals surface area contributed by atoms with Crippen LogP contribution >= 0.6 is 15.9 Å². The second-order valence-electron chi connectivity index (χ2n) is 7.15. The van der Waals surface area contributed by atoms with E-state index in [9.17, 15) is 13.7 Å². The largest absolute Gasteiger partial charge is 0.506 e. The number of aryl methyl sites for hydroxylation is 1. The van der Waals surface area contributed by atoms with Gasteiger partial charge in [-0.1, -0.05) is 0 Å². The molecule has 3 aromatic rings. The third-order valence-corrected chi connectivity index (χ3v) is 7.28. The van der Waals surface area contributed by atoms with Crippen molar-refractivity contribution in [3.63, 3.8) is 0 Å². The predicted octanol–water partition coefficient (Wildman–Crippen LogP) is 3.93. The van der Waals surface area contributed by atoms with Gasteiger partial charge in [-0.2, -0.15) is 0 Å². The summed E-state index contributed by atoms with van der Waals surface area (Å²) < 4.78 is 34.0. The van der Waals surface area contributed by atoms with Crippen LogP contribution in [0.2, 0.25) is 0 Å². The Morgan fingerprint density at radius 2 is 1.90 bits per heavy atom. The molecule has 4 rings (SSSR count). The van der Waals surface area contributed by atoms with Crippen LogP contribution in [0.1, 0.15) is 11.3 Å². The summed E-state index contributed by atoms with van der Waals surface area (Å²) >= 11 is 3.47. The quantitative estimate of drug-likeness (QED) is 0.601. The van der Waals surface area contributed by atoms with E-state index >= 15 is 0 Å². The zero-order valence-corrected chi connectivity index (χ0v) is 18.4. The van der Waals surface area contributed by atoms with E-state index in [1.807, 2.05) is 23.7 Å². The number of aromatic nitrogens is 1. The van der Waals surface area contributed by atoms with Gasteiger partial charge in [0.25, 0.3) is 0 Å². The Balaban J connectivity index is 1.69. The maximum Gasteiger partial charge on any atom is 0.135 e. The Hall–Kier alpha value is -1.74. The van der Waals surface area contributed by atoms with Crippen molar-refractivity contribution in [3.8, 4) is 5.75 Å². The molecule has 8 heteroatoms. The van der Waals surface area contributed by atoms with Crippen molar-refractivity contribution >= 4 is 37.6 Å². The van der Waals surface area contributed by atoms with Gasteiger partial charge < -0.3 is 14.4 Å². The first kappa shape index (κ1) is 20.5. The third-order valence-electron chi connectivity index (χ3n) is 5.32. The van der Waals surface area contributed by atoms with Gasteiger partial charge in [0.05, 0.1) is 34.2 Å². The fourth-order valence-electron chi connectivity index (χ4n) is 3.63. The number of phenols is 1. The Morgan fingerprint density at radius 1 is 1.21 bits per heavy atom. The van der Waals surface area contributed by atoms with Gasteiger partial charge in [0.2, 0.25) is 0 Å². The lowest BCUT2D eigenvalue weighted by molar-refractivity contribution is 0.0340. The highest BCUT2D eigenvalue weighted by Crippen LogP contribution is 2.37. The van der Waals surface area contributed by atoms with Gasteiger partial charge in [-0.3, -0.25) is 9.11 Å². The summed E-state index contributed by atoms with van der Waals surface area (Å²) in [7, 11) is 0.640. The van der Waals surface area contributed by atoms with Gasteiger partial charge in [-0.25, -0.2) is 4.39 Å². The number of phenolic OH excluding ortho intramolecular Hbond substituents is 1. The molecule has 1 unspecified atom stereocenters. The summed E-state index contributed by atoms with van der Waals surface area (Å²) in [6.07, 6.45) is 0. The molecule has 2 aromatic carbocycles. The van der Waals surface area contributed by atoms with Crippen LogP contribution in [0.4, 0.5) is 4.39 Å². The van der Waals surface area contributed by atoms with Crippen LogP contribution in [0.25, 0.3) is 10.9 Å². The van der Waals surface area contributed by atoms with E-state index in [-0.39, 0.29) is 11.6 Å². The lowest BCUT2D eigenvalue weighted by Crippen LogP contribution is -2.35. The number of morpholine rings is 1.